The van der Waals surface area contributed by atoms with Crippen molar-refractivity contribution in [1.82, 2.24) is 14.9 Å². The van der Waals surface area contributed by atoms with Gasteiger partial charge in [-0.3, -0.25) is 19.1 Å². The van der Waals surface area contributed by atoms with Crippen molar-refractivity contribution in [1.29, 1.82) is 0 Å². The quantitative estimate of drug-likeness (QED) is 0.559. The average Bonchev–Trinajstić information content (AvgIpc) is 2.40. The summed E-state index contributed by atoms with van der Waals surface area (Å²) in [7, 11) is 0. The Morgan fingerprint density at radius 1 is 1.40 bits per heavy atom. The van der Waals surface area contributed by atoms with E-state index in [9.17, 15) is 14.4 Å². The van der Waals surface area contributed by atoms with E-state index in [0.717, 1.165) is 6.42 Å². The SMILES string of the molecule is CCCNC(=O)C(C)Nc1c(N)n(CC)c(=O)[nH]c1=O. The Morgan fingerprint density at radius 2 is 2.05 bits per heavy atom. The van der Waals surface area contributed by atoms with E-state index >= 15 is 0 Å². The third-order valence-electron chi connectivity index (χ3n) is 2.86. The van der Waals surface area contributed by atoms with E-state index in [-0.39, 0.29) is 17.4 Å². The van der Waals surface area contributed by atoms with Gasteiger partial charge in [-0.1, -0.05) is 6.92 Å². The number of nitrogens with one attached hydrogen (secondary N) is 3. The molecule has 0 saturated carbocycles. The molecule has 0 aliphatic heterocycles. The maximum absolute atomic E-state index is 11.8. The Hall–Kier alpha value is -2.25. The van der Waals surface area contributed by atoms with Crippen molar-refractivity contribution in [2.45, 2.75) is 39.8 Å². The molecule has 0 aliphatic carbocycles. The molecule has 0 aromatic carbocycles. The number of nitrogen functional groups attached to an aromatic ring is 1. The molecule has 20 heavy (non-hydrogen) atoms. The fourth-order valence-corrected chi connectivity index (χ4v) is 1.72. The lowest BCUT2D eigenvalue weighted by molar-refractivity contribution is -0.121. The van der Waals surface area contributed by atoms with Gasteiger partial charge in [0.25, 0.3) is 5.56 Å². The van der Waals surface area contributed by atoms with E-state index in [2.05, 4.69) is 15.6 Å². The van der Waals surface area contributed by atoms with E-state index in [1.165, 1.54) is 4.57 Å². The van der Waals surface area contributed by atoms with Crippen LogP contribution in [0.3, 0.4) is 0 Å². The molecular weight excluding hydrogens is 262 g/mol. The minimum Gasteiger partial charge on any atom is -0.383 e. The minimum atomic E-state index is -0.632. The molecule has 5 N–H and O–H groups in total. The lowest BCUT2D eigenvalue weighted by Gasteiger charge is -2.17. The first-order valence-electron chi connectivity index (χ1n) is 6.59. The number of hydrogen-bond acceptors (Lipinski definition) is 5. The number of anilines is 2. The minimum absolute atomic E-state index is 0.0244. The van der Waals surface area contributed by atoms with Gasteiger partial charge in [0, 0.05) is 13.1 Å². The second-order valence-corrected chi connectivity index (χ2v) is 4.42. The van der Waals surface area contributed by atoms with Crippen LogP contribution in [-0.4, -0.2) is 28.0 Å². The number of aromatic amines is 1. The summed E-state index contributed by atoms with van der Waals surface area (Å²) < 4.78 is 1.22. The summed E-state index contributed by atoms with van der Waals surface area (Å²) in [5.74, 6) is -0.212. The van der Waals surface area contributed by atoms with Crippen LogP contribution in [0.25, 0.3) is 0 Å². The van der Waals surface area contributed by atoms with E-state index in [1.807, 2.05) is 6.92 Å². The van der Waals surface area contributed by atoms with Crippen LogP contribution in [0, 0.1) is 0 Å². The first-order chi connectivity index (χ1) is 9.42. The molecule has 0 saturated heterocycles. The van der Waals surface area contributed by atoms with Gasteiger partial charge in [0.1, 0.15) is 17.5 Å². The maximum Gasteiger partial charge on any atom is 0.330 e. The molecule has 1 atom stereocenters. The zero-order chi connectivity index (χ0) is 15.3. The van der Waals surface area contributed by atoms with Gasteiger partial charge >= 0.3 is 5.69 Å². The van der Waals surface area contributed by atoms with Crippen molar-refractivity contribution in [3.63, 3.8) is 0 Å². The molecule has 1 aromatic rings. The Bertz CT molecular complexity index is 590. The van der Waals surface area contributed by atoms with Crippen molar-refractivity contribution in [2.24, 2.45) is 0 Å². The molecule has 1 unspecified atom stereocenters. The van der Waals surface area contributed by atoms with Crippen LogP contribution in [0.1, 0.15) is 27.2 Å². The van der Waals surface area contributed by atoms with Crippen LogP contribution >= 0.6 is 0 Å². The number of nitrogens with two attached hydrogens (primary N) is 1. The molecule has 1 heterocycles. The standard InChI is InChI=1S/C12H21N5O3/c1-4-6-14-10(18)7(3)15-8-9(13)17(5-2)12(20)16-11(8)19/h7,15H,4-6,13H2,1-3H3,(H,14,18)(H,16,19,20). The van der Waals surface area contributed by atoms with Crippen LogP contribution in [0.15, 0.2) is 9.59 Å². The summed E-state index contributed by atoms with van der Waals surface area (Å²) in [6.45, 7) is 6.18. The molecule has 0 bridgehead atoms. The van der Waals surface area contributed by atoms with Gasteiger partial charge < -0.3 is 16.4 Å². The smallest absolute Gasteiger partial charge is 0.330 e. The number of nitrogens with zero attached hydrogens (tertiary/aromatic N) is 1. The molecule has 0 fully saturated rings. The lowest BCUT2D eigenvalue weighted by Crippen LogP contribution is -2.41. The van der Waals surface area contributed by atoms with Gasteiger partial charge in [-0.2, -0.15) is 0 Å². The number of rotatable bonds is 6. The van der Waals surface area contributed by atoms with Crippen molar-refractivity contribution < 1.29 is 4.79 Å². The summed E-state index contributed by atoms with van der Waals surface area (Å²) in [6, 6.07) is -0.632. The first kappa shape index (κ1) is 15.8. The molecular formula is C12H21N5O3. The summed E-state index contributed by atoms with van der Waals surface area (Å²) in [5, 5.41) is 5.46. The van der Waals surface area contributed by atoms with Crippen molar-refractivity contribution in [2.75, 3.05) is 17.6 Å². The molecule has 8 nitrogen and oxygen atoms in total. The zero-order valence-electron chi connectivity index (χ0n) is 11.9. The third kappa shape index (κ3) is 3.40. The predicted octanol–water partition coefficient (Wildman–Crippen LogP) is -0.535. The second kappa shape index (κ2) is 6.78. The summed E-state index contributed by atoms with van der Waals surface area (Å²) in [5.41, 5.74) is 4.63. The van der Waals surface area contributed by atoms with E-state index < -0.39 is 17.3 Å². The second-order valence-electron chi connectivity index (χ2n) is 4.42. The third-order valence-corrected chi connectivity index (χ3v) is 2.86. The number of H-pyrrole nitrogens is 1. The number of amides is 1. The Balaban J connectivity index is 3.01. The van der Waals surface area contributed by atoms with Gasteiger partial charge in [-0.25, -0.2) is 4.79 Å². The average molecular weight is 283 g/mol. The largest absolute Gasteiger partial charge is 0.383 e. The van der Waals surface area contributed by atoms with Crippen molar-refractivity contribution >= 4 is 17.4 Å². The molecule has 1 rings (SSSR count). The van der Waals surface area contributed by atoms with E-state index in [1.54, 1.807) is 13.8 Å². The molecule has 112 valence electrons. The van der Waals surface area contributed by atoms with Crippen LogP contribution in [-0.2, 0) is 11.3 Å². The lowest BCUT2D eigenvalue weighted by atomic mass is 10.3. The number of aromatic nitrogens is 2. The highest BCUT2D eigenvalue weighted by Crippen LogP contribution is 2.11. The van der Waals surface area contributed by atoms with E-state index in [4.69, 9.17) is 5.73 Å². The highest BCUT2D eigenvalue weighted by molar-refractivity contribution is 5.84. The van der Waals surface area contributed by atoms with Crippen LogP contribution in [0.5, 0.6) is 0 Å². The Kier molecular flexibility index (Phi) is 5.36. The Morgan fingerprint density at radius 3 is 2.60 bits per heavy atom. The summed E-state index contributed by atoms with van der Waals surface area (Å²) >= 11 is 0. The van der Waals surface area contributed by atoms with Gasteiger partial charge in [0.05, 0.1) is 0 Å². The number of carbonyl (C=O) groups excluding carboxylic acids is 1. The normalized spacial score (nSPS) is 11.9. The Labute approximate surface area is 116 Å². The van der Waals surface area contributed by atoms with Crippen LogP contribution in [0.2, 0.25) is 0 Å². The maximum atomic E-state index is 11.8. The van der Waals surface area contributed by atoms with Crippen molar-refractivity contribution in [3.8, 4) is 0 Å². The predicted molar refractivity (Wildman–Crippen MR) is 77.8 cm³/mol. The molecule has 8 heteroatoms. The molecule has 1 amide bonds. The highest BCUT2D eigenvalue weighted by Gasteiger charge is 2.17. The monoisotopic (exact) mass is 283 g/mol. The fourth-order valence-electron chi connectivity index (χ4n) is 1.72. The van der Waals surface area contributed by atoms with Crippen LogP contribution in [0.4, 0.5) is 11.5 Å². The van der Waals surface area contributed by atoms with Gasteiger partial charge in [0.2, 0.25) is 5.91 Å². The molecule has 1 aromatic heterocycles. The van der Waals surface area contributed by atoms with Crippen molar-refractivity contribution in [3.05, 3.63) is 20.8 Å². The summed E-state index contributed by atoms with van der Waals surface area (Å²) in [6.07, 6.45) is 0.821. The number of carbonyl (C=O) groups is 1. The number of hydrogen-bond donors (Lipinski definition) is 4. The molecule has 0 aliphatic rings. The molecule has 0 radical (unpaired) electrons. The first-order valence-corrected chi connectivity index (χ1v) is 6.59. The van der Waals surface area contributed by atoms with E-state index in [0.29, 0.717) is 13.1 Å². The highest BCUT2D eigenvalue weighted by atomic mass is 16.2. The topological polar surface area (TPSA) is 122 Å². The summed E-state index contributed by atoms with van der Waals surface area (Å²) in [4.78, 5) is 37.2. The van der Waals surface area contributed by atoms with Gasteiger partial charge in [0.15, 0.2) is 0 Å². The van der Waals surface area contributed by atoms with Gasteiger partial charge in [-0.05, 0) is 20.3 Å². The zero-order valence-corrected chi connectivity index (χ0v) is 11.9. The van der Waals surface area contributed by atoms with Crippen LogP contribution < -0.4 is 27.6 Å². The van der Waals surface area contributed by atoms with Gasteiger partial charge in [-0.15, -0.1) is 0 Å². The fraction of sp³-hybridized carbons (Fsp3) is 0.583. The molecule has 0 spiro atoms.